The molecule has 1 aromatic heterocycles. The third-order valence-corrected chi connectivity index (χ3v) is 3.16. The van der Waals surface area contributed by atoms with Crippen molar-refractivity contribution in [2.75, 3.05) is 11.9 Å². The maximum Gasteiger partial charge on any atom is 0.0949 e. The maximum atomic E-state index is 5.88. The number of hydrogen-bond acceptors (Lipinski definition) is 2. The molecular formula is C11H10ClNS. The van der Waals surface area contributed by atoms with Crippen molar-refractivity contribution in [1.29, 1.82) is 0 Å². The van der Waals surface area contributed by atoms with Crippen LogP contribution < -0.4 is 4.90 Å². The fourth-order valence-electron chi connectivity index (χ4n) is 1.28. The second-order valence-corrected chi connectivity index (χ2v) is 4.55. The van der Waals surface area contributed by atoms with Crippen LogP contribution in [0.1, 0.15) is 0 Å². The van der Waals surface area contributed by atoms with Crippen LogP contribution in [-0.4, -0.2) is 7.05 Å². The minimum atomic E-state index is 0.822. The van der Waals surface area contributed by atoms with Gasteiger partial charge in [-0.05, 0) is 18.2 Å². The molecule has 2 rings (SSSR count). The van der Waals surface area contributed by atoms with Gasteiger partial charge in [-0.3, -0.25) is 0 Å². The van der Waals surface area contributed by atoms with Crippen LogP contribution in [0.3, 0.4) is 0 Å². The van der Waals surface area contributed by atoms with Gasteiger partial charge in [0.2, 0.25) is 0 Å². The summed E-state index contributed by atoms with van der Waals surface area (Å²) in [6, 6.07) is 12.2. The average molecular weight is 224 g/mol. The van der Waals surface area contributed by atoms with Gasteiger partial charge >= 0.3 is 0 Å². The molecule has 1 heterocycles. The second kappa shape index (κ2) is 4.03. The molecule has 14 heavy (non-hydrogen) atoms. The van der Waals surface area contributed by atoms with E-state index >= 15 is 0 Å². The largest absolute Gasteiger partial charge is 0.344 e. The summed E-state index contributed by atoms with van der Waals surface area (Å²) >= 11 is 7.43. The fraction of sp³-hybridized carbons (Fsp3) is 0.0909. The topological polar surface area (TPSA) is 3.24 Å². The van der Waals surface area contributed by atoms with E-state index in [2.05, 4.69) is 22.4 Å². The van der Waals surface area contributed by atoms with Gasteiger partial charge in [-0.1, -0.05) is 29.8 Å². The van der Waals surface area contributed by atoms with Crippen LogP contribution in [0.25, 0.3) is 0 Å². The van der Waals surface area contributed by atoms with Gasteiger partial charge in [0.25, 0.3) is 0 Å². The molecule has 0 unspecified atom stereocenters. The fourth-order valence-corrected chi connectivity index (χ4v) is 2.17. The molecule has 1 aromatic carbocycles. The molecule has 72 valence electrons. The molecule has 0 atom stereocenters. The van der Waals surface area contributed by atoms with Crippen LogP contribution in [-0.2, 0) is 0 Å². The third-order valence-electron chi connectivity index (χ3n) is 2.08. The summed E-state index contributed by atoms with van der Waals surface area (Å²) in [5, 5.41) is 2.05. The summed E-state index contributed by atoms with van der Waals surface area (Å²) in [6.45, 7) is 0. The van der Waals surface area contributed by atoms with E-state index < -0.39 is 0 Å². The van der Waals surface area contributed by atoms with Crippen LogP contribution in [0.5, 0.6) is 0 Å². The zero-order chi connectivity index (χ0) is 9.97. The predicted molar refractivity (Wildman–Crippen MR) is 63.8 cm³/mol. The first kappa shape index (κ1) is 9.56. The average Bonchev–Trinajstić information content (AvgIpc) is 2.65. The van der Waals surface area contributed by atoms with Gasteiger partial charge in [0.05, 0.1) is 10.0 Å². The molecule has 0 saturated heterocycles. The molecule has 0 amide bonds. The lowest BCUT2D eigenvalue weighted by Crippen LogP contribution is -2.07. The predicted octanol–water partition coefficient (Wildman–Crippen LogP) is 4.17. The number of benzene rings is 1. The van der Waals surface area contributed by atoms with Crippen molar-refractivity contribution in [2.45, 2.75) is 0 Å². The molecule has 2 aromatic rings. The van der Waals surface area contributed by atoms with Crippen LogP contribution in [0.4, 0.5) is 11.4 Å². The van der Waals surface area contributed by atoms with Crippen molar-refractivity contribution < 1.29 is 0 Å². The van der Waals surface area contributed by atoms with Gasteiger partial charge < -0.3 is 4.90 Å². The molecule has 0 aliphatic carbocycles. The van der Waals surface area contributed by atoms with Crippen LogP contribution in [0.15, 0.2) is 41.8 Å². The Bertz CT molecular complexity index is 410. The molecule has 1 nitrogen and oxygen atoms in total. The Kier molecular flexibility index (Phi) is 2.75. The van der Waals surface area contributed by atoms with Crippen LogP contribution >= 0.6 is 22.9 Å². The smallest absolute Gasteiger partial charge is 0.0949 e. The highest BCUT2D eigenvalue weighted by molar-refractivity contribution is 7.14. The summed E-state index contributed by atoms with van der Waals surface area (Å²) < 4.78 is 0.822. The van der Waals surface area contributed by atoms with Crippen molar-refractivity contribution in [3.8, 4) is 0 Å². The van der Waals surface area contributed by atoms with E-state index in [0.717, 1.165) is 10.0 Å². The SMILES string of the molecule is CN(c1ccccc1)c1csc(Cl)c1. The number of rotatable bonds is 2. The zero-order valence-electron chi connectivity index (χ0n) is 7.77. The van der Waals surface area contributed by atoms with Gasteiger partial charge in [0, 0.05) is 18.1 Å². The van der Waals surface area contributed by atoms with Crippen LogP contribution in [0, 0.1) is 0 Å². The normalized spacial score (nSPS) is 10.1. The Balaban J connectivity index is 2.29. The third kappa shape index (κ3) is 1.91. The molecule has 0 bridgehead atoms. The second-order valence-electron chi connectivity index (χ2n) is 3.00. The van der Waals surface area contributed by atoms with Gasteiger partial charge in [0.1, 0.15) is 0 Å². The van der Waals surface area contributed by atoms with E-state index in [-0.39, 0.29) is 0 Å². The monoisotopic (exact) mass is 223 g/mol. The lowest BCUT2D eigenvalue weighted by molar-refractivity contribution is 1.22. The van der Waals surface area contributed by atoms with Gasteiger partial charge in [0.15, 0.2) is 0 Å². The minimum Gasteiger partial charge on any atom is -0.344 e. The van der Waals surface area contributed by atoms with Gasteiger partial charge in [-0.25, -0.2) is 0 Å². The van der Waals surface area contributed by atoms with Crippen molar-refractivity contribution in [3.05, 3.63) is 46.1 Å². The number of nitrogens with zero attached hydrogens (tertiary/aromatic N) is 1. The van der Waals surface area contributed by atoms with Crippen molar-refractivity contribution in [2.24, 2.45) is 0 Å². The Morgan fingerprint density at radius 1 is 1.14 bits per heavy atom. The van der Waals surface area contributed by atoms with Crippen molar-refractivity contribution in [1.82, 2.24) is 0 Å². The van der Waals surface area contributed by atoms with Crippen molar-refractivity contribution >= 4 is 34.3 Å². The standard InChI is InChI=1S/C11H10ClNS/c1-13(9-5-3-2-4-6-9)10-7-11(12)14-8-10/h2-8H,1H3. The Morgan fingerprint density at radius 3 is 2.43 bits per heavy atom. The molecule has 0 spiro atoms. The van der Waals surface area contributed by atoms with Gasteiger partial charge in [-0.2, -0.15) is 0 Å². The molecule has 0 saturated carbocycles. The molecule has 0 aliphatic heterocycles. The first-order valence-corrected chi connectivity index (χ1v) is 5.56. The number of thiophene rings is 1. The van der Waals surface area contributed by atoms with E-state index in [1.807, 2.05) is 31.3 Å². The summed E-state index contributed by atoms with van der Waals surface area (Å²) in [5.41, 5.74) is 2.30. The van der Waals surface area contributed by atoms with Crippen LogP contribution in [0.2, 0.25) is 4.34 Å². The number of anilines is 2. The highest BCUT2D eigenvalue weighted by atomic mass is 35.5. The molecule has 0 radical (unpaired) electrons. The van der Waals surface area contributed by atoms with E-state index in [4.69, 9.17) is 11.6 Å². The first-order chi connectivity index (χ1) is 6.77. The maximum absolute atomic E-state index is 5.88. The minimum absolute atomic E-state index is 0.822. The lowest BCUT2D eigenvalue weighted by atomic mass is 10.3. The lowest BCUT2D eigenvalue weighted by Gasteiger charge is -2.17. The number of hydrogen-bond donors (Lipinski definition) is 0. The molecule has 3 heteroatoms. The summed E-state index contributed by atoms with van der Waals surface area (Å²) in [7, 11) is 2.04. The molecule has 0 fully saturated rings. The Morgan fingerprint density at radius 2 is 1.86 bits per heavy atom. The highest BCUT2D eigenvalue weighted by Gasteiger charge is 2.04. The van der Waals surface area contributed by atoms with Gasteiger partial charge in [-0.15, -0.1) is 11.3 Å². The quantitative estimate of drug-likeness (QED) is 0.739. The van der Waals surface area contributed by atoms with Crippen molar-refractivity contribution in [3.63, 3.8) is 0 Å². The summed E-state index contributed by atoms with van der Waals surface area (Å²) in [6.07, 6.45) is 0. The first-order valence-electron chi connectivity index (χ1n) is 4.30. The number of halogens is 1. The van der Waals surface area contributed by atoms with E-state index in [1.165, 1.54) is 5.69 Å². The Labute approximate surface area is 92.6 Å². The van der Waals surface area contributed by atoms with E-state index in [9.17, 15) is 0 Å². The van der Waals surface area contributed by atoms with E-state index in [1.54, 1.807) is 11.3 Å². The number of para-hydroxylation sites is 1. The summed E-state index contributed by atoms with van der Waals surface area (Å²) in [4.78, 5) is 2.11. The summed E-state index contributed by atoms with van der Waals surface area (Å²) in [5.74, 6) is 0. The molecular weight excluding hydrogens is 214 g/mol. The Hall–Kier alpha value is -0.990. The highest BCUT2D eigenvalue weighted by Crippen LogP contribution is 2.30. The van der Waals surface area contributed by atoms with E-state index in [0.29, 0.717) is 0 Å². The zero-order valence-corrected chi connectivity index (χ0v) is 9.35. The molecule has 0 N–H and O–H groups in total. The molecule has 0 aliphatic rings.